The van der Waals surface area contributed by atoms with Crippen LogP contribution in [0.5, 0.6) is 0 Å². The first-order valence-corrected chi connectivity index (χ1v) is 10.4. The van der Waals surface area contributed by atoms with Gasteiger partial charge in [0.25, 0.3) is 5.91 Å². The Morgan fingerprint density at radius 3 is 2.74 bits per heavy atom. The second-order valence-electron chi connectivity index (χ2n) is 7.96. The number of carbonyl (C=O) groups excluding carboxylic acids is 1. The summed E-state index contributed by atoms with van der Waals surface area (Å²) in [5, 5.41) is 9.33. The predicted molar refractivity (Wildman–Crippen MR) is 107 cm³/mol. The van der Waals surface area contributed by atoms with Crippen LogP contribution in [0.15, 0.2) is 18.3 Å². The molecule has 0 radical (unpaired) electrons. The first-order valence-electron chi connectivity index (χ1n) is 10.4. The fourth-order valence-electron chi connectivity index (χ4n) is 4.46. The Balaban J connectivity index is 1.68. The van der Waals surface area contributed by atoms with Crippen molar-refractivity contribution in [2.24, 2.45) is 5.92 Å². The summed E-state index contributed by atoms with van der Waals surface area (Å²) in [7, 11) is 2.18. The number of rotatable bonds is 6. The Labute approximate surface area is 163 Å². The molecule has 2 aliphatic rings. The molecule has 6 heteroatoms. The topological polar surface area (TPSA) is 59.9 Å². The van der Waals surface area contributed by atoms with Crippen LogP contribution in [0.2, 0.25) is 0 Å². The summed E-state index contributed by atoms with van der Waals surface area (Å²) in [6.45, 7) is 8.33. The van der Waals surface area contributed by atoms with E-state index >= 15 is 0 Å². The van der Waals surface area contributed by atoms with E-state index in [0.29, 0.717) is 12.0 Å². The largest absolute Gasteiger partial charge is 0.396 e. The van der Waals surface area contributed by atoms with Gasteiger partial charge < -0.3 is 14.9 Å². The molecule has 6 nitrogen and oxygen atoms in total. The monoisotopic (exact) mass is 374 g/mol. The van der Waals surface area contributed by atoms with Crippen LogP contribution in [-0.4, -0.2) is 89.7 Å². The first-order chi connectivity index (χ1) is 13.1. The minimum Gasteiger partial charge on any atom is -0.396 e. The molecule has 0 spiro atoms. The van der Waals surface area contributed by atoms with Gasteiger partial charge in [0.15, 0.2) is 0 Å². The summed E-state index contributed by atoms with van der Waals surface area (Å²) in [4.78, 5) is 24.4. The van der Waals surface area contributed by atoms with E-state index in [9.17, 15) is 9.90 Å². The Bertz CT molecular complexity index is 616. The van der Waals surface area contributed by atoms with Gasteiger partial charge >= 0.3 is 0 Å². The number of aliphatic hydroxyl groups excluding tert-OH is 1. The molecule has 150 valence electrons. The number of aliphatic hydroxyl groups is 1. The number of piperidine rings is 1. The molecule has 1 aromatic rings. The van der Waals surface area contributed by atoms with E-state index in [1.807, 2.05) is 17.0 Å². The van der Waals surface area contributed by atoms with Crippen molar-refractivity contribution in [3.05, 3.63) is 29.6 Å². The fraction of sp³-hybridized carbons (Fsp3) is 0.714. The van der Waals surface area contributed by atoms with Gasteiger partial charge in [-0.15, -0.1) is 0 Å². The Morgan fingerprint density at radius 1 is 1.26 bits per heavy atom. The quantitative estimate of drug-likeness (QED) is 0.818. The Morgan fingerprint density at radius 2 is 2.04 bits per heavy atom. The summed E-state index contributed by atoms with van der Waals surface area (Å²) in [6, 6.07) is 4.28. The van der Waals surface area contributed by atoms with Gasteiger partial charge in [-0.1, -0.05) is 6.92 Å². The summed E-state index contributed by atoms with van der Waals surface area (Å²) in [6.07, 6.45) is 5.40. The number of likely N-dealkylation sites (N-methyl/N-ethyl adjacent to an activating group) is 1. The maximum absolute atomic E-state index is 13.0. The highest BCUT2D eigenvalue weighted by atomic mass is 16.3. The van der Waals surface area contributed by atoms with Gasteiger partial charge in [0, 0.05) is 69.4 Å². The number of hydrogen-bond donors (Lipinski definition) is 1. The molecule has 3 heterocycles. The molecule has 2 unspecified atom stereocenters. The van der Waals surface area contributed by atoms with Gasteiger partial charge in [0.1, 0.15) is 0 Å². The molecule has 2 saturated heterocycles. The molecule has 27 heavy (non-hydrogen) atoms. The lowest BCUT2D eigenvalue weighted by Gasteiger charge is -2.46. The van der Waals surface area contributed by atoms with E-state index in [1.54, 1.807) is 6.20 Å². The maximum atomic E-state index is 13.0. The van der Waals surface area contributed by atoms with Crippen molar-refractivity contribution in [3.63, 3.8) is 0 Å². The molecular weight excluding hydrogens is 340 g/mol. The number of carbonyl (C=O) groups is 1. The normalized spacial score (nSPS) is 24.9. The van der Waals surface area contributed by atoms with Gasteiger partial charge in [0.2, 0.25) is 0 Å². The van der Waals surface area contributed by atoms with Crippen LogP contribution >= 0.6 is 0 Å². The average molecular weight is 375 g/mol. The van der Waals surface area contributed by atoms with Crippen molar-refractivity contribution in [1.29, 1.82) is 0 Å². The van der Waals surface area contributed by atoms with Crippen molar-refractivity contribution in [3.8, 4) is 0 Å². The number of aromatic nitrogens is 1. The third kappa shape index (κ3) is 5.06. The summed E-state index contributed by atoms with van der Waals surface area (Å²) in [5.74, 6) is 0.559. The minimum atomic E-state index is 0.123. The second kappa shape index (κ2) is 9.62. The second-order valence-corrected chi connectivity index (χ2v) is 7.96. The zero-order valence-corrected chi connectivity index (χ0v) is 16.8. The van der Waals surface area contributed by atoms with E-state index in [0.717, 1.165) is 76.2 Å². The van der Waals surface area contributed by atoms with Crippen LogP contribution in [0.1, 0.15) is 42.2 Å². The molecule has 1 aromatic heterocycles. The van der Waals surface area contributed by atoms with Crippen LogP contribution in [0.4, 0.5) is 0 Å². The van der Waals surface area contributed by atoms with Crippen molar-refractivity contribution in [2.45, 2.75) is 38.6 Å². The maximum Gasteiger partial charge on any atom is 0.253 e. The molecule has 2 fully saturated rings. The van der Waals surface area contributed by atoms with Crippen molar-refractivity contribution in [2.75, 3.05) is 52.9 Å². The Hall–Kier alpha value is -1.50. The lowest BCUT2D eigenvalue weighted by molar-refractivity contribution is 0.0218. The van der Waals surface area contributed by atoms with Crippen molar-refractivity contribution in [1.82, 2.24) is 19.7 Å². The Kier molecular flexibility index (Phi) is 7.21. The predicted octanol–water partition coefficient (Wildman–Crippen LogP) is 1.49. The van der Waals surface area contributed by atoms with Crippen LogP contribution in [0, 0.1) is 5.92 Å². The first kappa shape index (κ1) is 20.2. The number of amides is 1. The van der Waals surface area contributed by atoms with Crippen LogP contribution < -0.4 is 0 Å². The zero-order valence-electron chi connectivity index (χ0n) is 16.8. The highest BCUT2D eigenvalue weighted by Gasteiger charge is 2.35. The SMILES string of the molecule is CCc1cc(C(=O)N2CCC(N3CCN(C)CC3)C(CCCO)C2)ccn1. The van der Waals surface area contributed by atoms with Gasteiger partial charge in [-0.25, -0.2) is 0 Å². The number of nitrogens with zero attached hydrogens (tertiary/aromatic N) is 4. The van der Waals surface area contributed by atoms with E-state index < -0.39 is 0 Å². The zero-order chi connectivity index (χ0) is 19.2. The van der Waals surface area contributed by atoms with Crippen LogP contribution in [0.25, 0.3) is 0 Å². The summed E-state index contributed by atoms with van der Waals surface area (Å²) in [5.41, 5.74) is 1.71. The third-order valence-corrected chi connectivity index (χ3v) is 6.15. The molecule has 0 aromatic carbocycles. The molecule has 2 aliphatic heterocycles. The van der Waals surface area contributed by atoms with E-state index in [4.69, 9.17) is 0 Å². The molecule has 3 rings (SSSR count). The standard InChI is InChI=1S/C21H34N4O2/c1-3-19-15-17(6-8-22-19)21(27)25-9-7-20(18(16-25)5-4-14-26)24-12-10-23(2)11-13-24/h6,8,15,18,20,26H,3-5,7,9-14,16H2,1-2H3. The summed E-state index contributed by atoms with van der Waals surface area (Å²) >= 11 is 0. The molecule has 0 bridgehead atoms. The van der Waals surface area contributed by atoms with Gasteiger partial charge in [0.05, 0.1) is 0 Å². The van der Waals surface area contributed by atoms with E-state index in [2.05, 4.69) is 28.8 Å². The molecular formula is C21H34N4O2. The van der Waals surface area contributed by atoms with Gasteiger partial charge in [-0.2, -0.15) is 0 Å². The minimum absolute atomic E-state index is 0.123. The number of piperazine rings is 1. The van der Waals surface area contributed by atoms with Crippen LogP contribution in [0.3, 0.4) is 0 Å². The number of pyridine rings is 1. The lowest BCUT2D eigenvalue weighted by atomic mass is 9.86. The highest BCUT2D eigenvalue weighted by Crippen LogP contribution is 2.28. The molecule has 1 N–H and O–H groups in total. The number of aryl methyl sites for hydroxylation is 1. The van der Waals surface area contributed by atoms with Crippen molar-refractivity contribution >= 4 is 5.91 Å². The molecule has 0 aliphatic carbocycles. The third-order valence-electron chi connectivity index (χ3n) is 6.15. The molecule has 0 saturated carbocycles. The van der Waals surface area contributed by atoms with Crippen LogP contribution in [-0.2, 0) is 6.42 Å². The van der Waals surface area contributed by atoms with E-state index in [1.165, 1.54) is 0 Å². The molecule has 1 amide bonds. The number of hydrogen-bond acceptors (Lipinski definition) is 5. The van der Waals surface area contributed by atoms with Gasteiger partial charge in [-0.3, -0.25) is 14.7 Å². The highest BCUT2D eigenvalue weighted by molar-refractivity contribution is 5.94. The molecule has 2 atom stereocenters. The van der Waals surface area contributed by atoms with E-state index in [-0.39, 0.29) is 12.5 Å². The summed E-state index contributed by atoms with van der Waals surface area (Å²) < 4.78 is 0. The fourth-order valence-corrected chi connectivity index (χ4v) is 4.46. The van der Waals surface area contributed by atoms with Crippen molar-refractivity contribution < 1.29 is 9.90 Å². The average Bonchev–Trinajstić information content (AvgIpc) is 2.72. The number of likely N-dealkylation sites (tertiary alicyclic amines) is 1. The van der Waals surface area contributed by atoms with Gasteiger partial charge in [-0.05, 0) is 50.8 Å². The smallest absolute Gasteiger partial charge is 0.253 e. The lowest BCUT2D eigenvalue weighted by Crippen LogP contribution is -2.56.